The van der Waals surface area contributed by atoms with Crippen molar-refractivity contribution in [2.24, 2.45) is 0 Å². The molecule has 0 aliphatic carbocycles. The van der Waals surface area contributed by atoms with Crippen molar-refractivity contribution in [2.75, 3.05) is 19.8 Å². The van der Waals surface area contributed by atoms with Crippen LogP contribution < -0.4 is 0 Å². The number of carbonyl (C=O) groups excluding carboxylic acids is 1. The zero-order chi connectivity index (χ0) is 23.5. The molecule has 0 aromatic heterocycles. The summed E-state index contributed by atoms with van der Waals surface area (Å²) in [5.74, 6) is -0.206. The molecule has 0 rings (SSSR count). The second-order valence-electron chi connectivity index (χ2n) is 9.48. The first-order valence-electron chi connectivity index (χ1n) is 14.1. The van der Waals surface area contributed by atoms with Gasteiger partial charge in [-0.3, -0.25) is 4.79 Å². The maximum atomic E-state index is 11.9. The van der Waals surface area contributed by atoms with E-state index < -0.39 is 6.10 Å². The molecule has 192 valence electrons. The average Bonchev–Trinajstić information content (AvgIpc) is 2.80. The molecule has 0 fully saturated rings. The minimum absolute atomic E-state index is 0.165. The zero-order valence-corrected chi connectivity index (χ0v) is 21.7. The van der Waals surface area contributed by atoms with Crippen LogP contribution in [0.1, 0.15) is 149 Å². The van der Waals surface area contributed by atoms with Gasteiger partial charge >= 0.3 is 5.97 Å². The van der Waals surface area contributed by atoms with Crippen LogP contribution in [0.5, 0.6) is 0 Å². The summed E-state index contributed by atoms with van der Waals surface area (Å²) >= 11 is 0. The third-order valence-electron chi connectivity index (χ3n) is 6.18. The van der Waals surface area contributed by atoms with E-state index in [0.29, 0.717) is 19.6 Å². The van der Waals surface area contributed by atoms with Crippen molar-refractivity contribution in [1.29, 1.82) is 0 Å². The lowest BCUT2D eigenvalue weighted by atomic mass is 10.0. The molecular weight excluding hydrogens is 400 g/mol. The summed E-state index contributed by atoms with van der Waals surface area (Å²) in [6.07, 6.45) is 25.6. The fraction of sp³-hybridized carbons (Fsp3) is 0.964. The van der Waals surface area contributed by atoms with Crippen molar-refractivity contribution in [2.45, 2.75) is 155 Å². The molecule has 0 amide bonds. The minimum Gasteiger partial charge on any atom is -0.457 e. The van der Waals surface area contributed by atoms with E-state index in [0.717, 1.165) is 19.3 Å². The van der Waals surface area contributed by atoms with Crippen LogP contribution in [0, 0.1) is 0 Å². The summed E-state index contributed by atoms with van der Waals surface area (Å²) in [5.41, 5.74) is 0. The maximum absolute atomic E-state index is 11.9. The number of rotatable bonds is 26. The summed E-state index contributed by atoms with van der Waals surface area (Å²) in [7, 11) is 0. The Morgan fingerprint density at radius 2 is 1.03 bits per heavy atom. The first-order valence-corrected chi connectivity index (χ1v) is 14.1. The van der Waals surface area contributed by atoms with Gasteiger partial charge in [0.15, 0.2) is 0 Å². The molecule has 1 unspecified atom stereocenters. The normalized spacial score (nSPS) is 12.2. The van der Waals surface area contributed by atoms with E-state index in [4.69, 9.17) is 9.47 Å². The highest BCUT2D eigenvalue weighted by Gasteiger charge is 2.13. The summed E-state index contributed by atoms with van der Waals surface area (Å²) in [6.45, 7) is 5.31. The molecule has 0 heterocycles. The van der Waals surface area contributed by atoms with Gasteiger partial charge in [-0.05, 0) is 12.8 Å². The standard InChI is InChI=1S/C28H56O4/c1-3-5-7-9-11-12-13-14-15-16-18-20-22-24-31-26-27(25-29)32-28(30)23-21-19-17-10-8-6-4-2/h27,29H,3-26H2,1-2H3. The quantitative estimate of drug-likeness (QED) is 0.105. The maximum Gasteiger partial charge on any atom is 0.306 e. The molecule has 0 aliphatic rings. The Kier molecular flexibility index (Phi) is 26.1. The molecule has 0 aliphatic heterocycles. The molecule has 0 radical (unpaired) electrons. The molecular formula is C28H56O4. The van der Waals surface area contributed by atoms with E-state index in [1.807, 2.05) is 0 Å². The van der Waals surface area contributed by atoms with Crippen molar-refractivity contribution in [3.63, 3.8) is 0 Å². The molecule has 0 aromatic carbocycles. The average molecular weight is 457 g/mol. The molecule has 1 atom stereocenters. The van der Waals surface area contributed by atoms with E-state index in [2.05, 4.69) is 13.8 Å². The molecule has 4 nitrogen and oxygen atoms in total. The van der Waals surface area contributed by atoms with E-state index >= 15 is 0 Å². The van der Waals surface area contributed by atoms with Gasteiger partial charge in [0.25, 0.3) is 0 Å². The van der Waals surface area contributed by atoms with Crippen molar-refractivity contribution in [3.05, 3.63) is 0 Å². The van der Waals surface area contributed by atoms with Gasteiger partial charge in [-0.25, -0.2) is 0 Å². The third kappa shape index (κ3) is 24.0. The zero-order valence-electron chi connectivity index (χ0n) is 21.7. The monoisotopic (exact) mass is 456 g/mol. The number of esters is 1. The van der Waals surface area contributed by atoms with Crippen LogP contribution in [0.15, 0.2) is 0 Å². The number of carbonyl (C=O) groups is 1. The second kappa shape index (κ2) is 26.6. The lowest BCUT2D eigenvalue weighted by Gasteiger charge is -2.15. The lowest BCUT2D eigenvalue weighted by molar-refractivity contribution is -0.154. The van der Waals surface area contributed by atoms with Crippen LogP contribution in [-0.4, -0.2) is 37.0 Å². The second-order valence-corrected chi connectivity index (χ2v) is 9.48. The number of hydrogen-bond donors (Lipinski definition) is 1. The molecule has 0 aromatic rings. The van der Waals surface area contributed by atoms with Crippen molar-refractivity contribution in [1.82, 2.24) is 0 Å². The lowest BCUT2D eigenvalue weighted by Crippen LogP contribution is -2.27. The van der Waals surface area contributed by atoms with Crippen molar-refractivity contribution >= 4 is 5.97 Å². The molecule has 4 heteroatoms. The van der Waals surface area contributed by atoms with Crippen molar-refractivity contribution < 1.29 is 19.4 Å². The Balaban J connectivity index is 3.39. The number of hydrogen-bond acceptors (Lipinski definition) is 4. The first-order chi connectivity index (χ1) is 15.7. The highest BCUT2D eigenvalue weighted by atomic mass is 16.6. The Labute approximate surface area is 200 Å². The third-order valence-corrected chi connectivity index (χ3v) is 6.18. The van der Waals surface area contributed by atoms with Crippen LogP contribution in [0.4, 0.5) is 0 Å². The highest BCUT2D eigenvalue weighted by molar-refractivity contribution is 5.69. The van der Waals surface area contributed by atoms with Gasteiger partial charge in [0, 0.05) is 13.0 Å². The Hall–Kier alpha value is -0.610. The van der Waals surface area contributed by atoms with Gasteiger partial charge in [0.2, 0.25) is 0 Å². The van der Waals surface area contributed by atoms with Gasteiger partial charge < -0.3 is 14.6 Å². The number of ether oxygens (including phenoxy) is 2. The van der Waals surface area contributed by atoms with Crippen LogP contribution in [0.2, 0.25) is 0 Å². The Morgan fingerprint density at radius 3 is 1.47 bits per heavy atom. The van der Waals surface area contributed by atoms with E-state index in [1.54, 1.807) is 0 Å². The number of aliphatic hydroxyl groups excluding tert-OH is 1. The van der Waals surface area contributed by atoms with Crippen LogP contribution in [0.3, 0.4) is 0 Å². The molecule has 1 N–H and O–H groups in total. The van der Waals surface area contributed by atoms with Crippen LogP contribution >= 0.6 is 0 Å². The van der Waals surface area contributed by atoms with Gasteiger partial charge in [-0.2, -0.15) is 0 Å². The van der Waals surface area contributed by atoms with Crippen LogP contribution in [-0.2, 0) is 14.3 Å². The number of aliphatic hydroxyl groups is 1. The van der Waals surface area contributed by atoms with E-state index in [1.165, 1.54) is 109 Å². The Morgan fingerprint density at radius 1 is 0.625 bits per heavy atom. The Bertz CT molecular complexity index is 372. The molecule has 0 bridgehead atoms. The van der Waals surface area contributed by atoms with E-state index in [-0.39, 0.29) is 12.6 Å². The van der Waals surface area contributed by atoms with E-state index in [9.17, 15) is 9.90 Å². The fourth-order valence-electron chi connectivity index (χ4n) is 4.03. The molecule has 0 spiro atoms. The summed E-state index contributed by atoms with van der Waals surface area (Å²) in [4.78, 5) is 11.9. The smallest absolute Gasteiger partial charge is 0.306 e. The number of unbranched alkanes of at least 4 members (excludes halogenated alkanes) is 18. The summed E-state index contributed by atoms with van der Waals surface area (Å²) < 4.78 is 11.0. The molecule has 0 saturated heterocycles. The molecule has 32 heavy (non-hydrogen) atoms. The largest absolute Gasteiger partial charge is 0.457 e. The fourth-order valence-corrected chi connectivity index (χ4v) is 4.03. The SMILES string of the molecule is CCCCCCCCCCCCCCCOCC(CO)OC(=O)CCCCCCCCC. The topological polar surface area (TPSA) is 55.8 Å². The predicted octanol–water partition coefficient (Wildman–Crippen LogP) is 8.14. The van der Waals surface area contributed by atoms with Crippen LogP contribution in [0.25, 0.3) is 0 Å². The summed E-state index contributed by atoms with van der Waals surface area (Å²) in [6, 6.07) is 0. The van der Waals surface area contributed by atoms with Crippen molar-refractivity contribution in [3.8, 4) is 0 Å². The van der Waals surface area contributed by atoms with Gasteiger partial charge in [0.1, 0.15) is 6.10 Å². The van der Waals surface area contributed by atoms with Gasteiger partial charge in [-0.1, -0.05) is 129 Å². The van der Waals surface area contributed by atoms with Gasteiger partial charge in [0.05, 0.1) is 13.2 Å². The highest BCUT2D eigenvalue weighted by Crippen LogP contribution is 2.13. The summed E-state index contributed by atoms with van der Waals surface area (Å²) in [5, 5.41) is 9.42. The first kappa shape index (κ1) is 31.4. The van der Waals surface area contributed by atoms with Gasteiger partial charge in [-0.15, -0.1) is 0 Å². The molecule has 0 saturated carbocycles. The predicted molar refractivity (Wildman–Crippen MR) is 136 cm³/mol. The minimum atomic E-state index is -0.519.